The molecular weight excluding hydrogens is 240 g/mol. The third-order valence-electron chi connectivity index (χ3n) is 3.76. The molecule has 0 aromatic carbocycles. The van der Waals surface area contributed by atoms with Gasteiger partial charge in [0, 0.05) is 24.8 Å². The van der Waals surface area contributed by atoms with Gasteiger partial charge in [0.05, 0.1) is 0 Å². The lowest BCUT2D eigenvalue weighted by atomic mass is 9.83. The van der Waals surface area contributed by atoms with Gasteiger partial charge in [0.1, 0.15) is 12.1 Å². The van der Waals surface area contributed by atoms with E-state index in [4.69, 9.17) is 0 Å². The van der Waals surface area contributed by atoms with Gasteiger partial charge in [-0.1, -0.05) is 6.92 Å². The highest BCUT2D eigenvalue weighted by molar-refractivity contribution is 5.44. The Morgan fingerprint density at radius 3 is 3.21 bits per heavy atom. The van der Waals surface area contributed by atoms with E-state index < -0.39 is 0 Å². The molecule has 6 nitrogen and oxygen atoms in total. The molecule has 2 aromatic rings. The summed E-state index contributed by atoms with van der Waals surface area (Å²) >= 11 is 0. The van der Waals surface area contributed by atoms with Crippen LogP contribution in [0.3, 0.4) is 0 Å². The molecule has 3 heterocycles. The standard InChI is InChI=1S/C13H20N6/c1-10-6-11(19-12(18-10)16-9-17-19)15-8-13(2)4-3-5-14-7-13/h6,9,14-15H,3-5,7-8H2,1-2H3. The van der Waals surface area contributed by atoms with Crippen molar-refractivity contribution in [3.63, 3.8) is 0 Å². The molecule has 1 atom stereocenters. The van der Waals surface area contributed by atoms with Crippen LogP contribution in [0.4, 0.5) is 5.82 Å². The van der Waals surface area contributed by atoms with E-state index in [0.29, 0.717) is 11.2 Å². The van der Waals surface area contributed by atoms with Gasteiger partial charge >= 0.3 is 0 Å². The van der Waals surface area contributed by atoms with Gasteiger partial charge in [-0.05, 0) is 31.7 Å². The van der Waals surface area contributed by atoms with E-state index in [1.807, 2.05) is 13.0 Å². The van der Waals surface area contributed by atoms with Crippen molar-refractivity contribution in [3.05, 3.63) is 18.1 Å². The third kappa shape index (κ3) is 2.53. The number of rotatable bonds is 3. The predicted molar refractivity (Wildman–Crippen MR) is 74.2 cm³/mol. The predicted octanol–water partition coefficient (Wildman–Crippen LogP) is 1.23. The van der Waals surface area contributed by atoms with Crippen LogP contribution in [-0.4, -0.2) is 39.2 Å². The van der Waals surface area contributed by atoms with Crippen molar-refractivity contribution < 1.29 is 0 Å². The SMILES string of the molecule is Cc1cc(NCC2(C)CCCNC2)n2ncnc2n1. The second-order valence-corrected chi connectivity index (χ2v) is 5.70. The molecule has 0 spiro atoms. The Bertz CT molecular complexity index is 570. The Kier molecular flexibility index (Phi) is 3.10. The van der Waals surface area contributed by atoms with Crippen molar-refractivity contribution in [3.8, 4) is 0 Å². The van der Waals surface area contributed by atoms with Crippen LogP contribution in [-0.2, 0) is 0 Å². The van der Waals surface area contributed by atoms with Gasteiger partial charge in [0.25, 0.3) is 5.78 Å². The Balaban J connectivity index is 1.79. The molecular formula is C13H20N6. The molecule has 2 aromatic heterocycles. The lowest BCUT2D eigenvalue weighted by molar-refractivity contribution is 0.253. The minimum Gasteiger partial charge on any atom is -0.369 e. The summed E-state index contributed by atoms with van der Waals surface area (Å²) in [7, 11) is 0. The fourth-order valence-electron chi connectivity index (χ4n) is 2.63. The summed E-state index contributed by atoms with van der Waals surface area (Å²) in [6, 6.07) is 2.02. The minimum atomic E-state index is 0.294. The fraction of sp³-hybridized carbons (Fsp3) is 0.615. The van der Waals surface area contributed by atoms with Crippen molar-refractivity contribution >= 4 is 11.6 Å². The Morgan fingerprint density at radius 2 is 2.42 bits per heavy atom. The van der Waals surface area contributed by atoms with E-state index in [9.17, 15) is 0 Å². The molecule has 19 heavy (non-hydrogen) atoms. The molecule has 2 N–H and O–H groups in total. The average molecular weight is 260 g/mol. The maximum atomic E-state index is 4.35. The first-order valence-corrected chi connectivity index (χ1v) is 6.78. The molecule has 1 fully saturated rings. The van der Waals surface area contributed by atoms with E-state index >= 15 is 0 Å². The Morgan fingerprint density at radius 1 is 1.53 bits per heavy atom. The molecule has 0 aliphatic carbocycles. The topological polar surface area (TPSA) is 67.1 Å². The highest BCUT2D eigenvalue weighted by atomic mass is 15.3. The number of fused-ring (bicyclic) bond motifs is 1. The molecule has 0 bridgehead atoms. The van der Waals surface area contributed by atoms with Gasteiger partial charge in [-0.3, -0.25) is 0 Å². The van der Waals surface area contributed by atoms with Crippen molar-refractivity contribution in [2.45, 2.75) is 26.7 Å². The normalized spacial score (nSPS) is 23.7. The molecule has 1 aliphatic rings. The largest absolute Gasteiger partial charge is 0.369 e. The fourth-order valence-corrected chi connectivity index (χ4v) is 2.63. The van der Waals surface area contributed by atoms with Crippen LogP contribution < -0.4 is 10.6 Å². The maximum Gasteiger partial charge on any atom is 0.254 e. The number of nitrogens with zero attached hydrogens (tertiary/aromatic N) is 4. The van der Waals surface area contributed by atoms with E-state index in [-0.39, 0.29) is 0 Å². The van der Waals surface area contributed by atoms with E-state index in [2.05, 4.69) is 32.6 Å². The number of hydrogen-bond acceptors (Lipinski definition) is 5. The lowest BCUT2D eigenvalue weighted by Gasteiger charge is -2.34. The van der Waals surface area contributed by atoms with Gasteiger partial charge in [0.15, 0.2) is 0 Å². The molecule has 0 radical (unpaired) electrons. The van der Waals surface area contributed by atoms with Crippen LogP contribution in [0, 0.1) is 12.3 Å². The van der Waals surface area contributed by atoms with Crippen molar-refractivity contribution in [1.82, 2.24) is 24.9 Å². The molecule has 1 saturated heterocycles. The average Bonchev–Trinajstić information content (AvgIpc) is 2.85. The zero-order valence-corrected chi connectivity index (χ0v) is 11.5. The van der Waals surface area contributed by atoms with E-state index in [1.165, 1.54) is 19.2 Å². The van der Waals surface area contributed by atoms with Gasteiger partial charge in [-0.25, -0.2) is 4.98 Å². The number of anilines is 1. The molecule has 102 valence electrons. The summed E-state index contributed by atoms with van der Waals surface area (Å²) < 4.78 is 1.76. The molecule has 0 saturated carbocycles. The zero-order valence-electron chi connectivity index (χ0n) is 11.5. The first kappa shape index (κ1) is 12.3. The third-order valence-corrected chi connectivity index (χ3v) is 3.76. The van der Waals surface area contributed by atoms with Gasteiger partial charge in [-0.15, -0.1) is 0 Å². The summed E-state index contributed by atoms with van der Waals surface area (Å²) in [5, 5.41) is 11.2. The van der Waals surface area contributed by atoms with Gasteiger partial charge < -0.3 is 10.6 Å². The van der Waals surface area contributed by atoms with Gasteiger partial charge in [-0.2, -0.15) is 14.6 Å². The summed E-state index contributed by atoms with van der Waals surface area (Å²) in [5.74, 6) is 1.61. The minimum absolute atomic E-state index is 0.294. The molecule has 3 rings (SSSR count). The van der Waals surface area contributed by atoms with Crippen molar-refractivity contribution in [2.24, 2.45) is 5.41 Å². The first-order valence-electron chi connectivity index (χ1n) is 6.78. The quantitative estimate of drug-likeness (QED) is 0.869. The van der Waals surface area contributed by atoms with Crippen LogP contribution >= 0.6 is 0 Å². The summed E-state index contributed by atoms with van der Waals surface area (Å²) in [4.78, 5) is 8.49. The first-order chi connectivity index (χ1) is 9.16. The van der Waals surface area contributed by atoms with Crippen molar-refractivity contribution in [1.29, 1.82) is 0 Å². The maximum absolute atomic E-state index is 4.35. The highest BCUT2D eigenvalue weighted by Gasteiger charge is 2.26. The lowest BCUT2D eigenvalue weighted by Crippen LogP contribution is -2.42. The number of piperidine rings is 1. The Labute approximate surface area is 112 Å². The van der Waals surface area contributed by atoms with Crippen LogP contribution in [0.5, 0.6) is 0 Å². The summed E-state index contributed by atoms with van der Waals surface area (Å²) in [5.41, 5.74) is 1.25. The van der Waals surface area contributed by atoms with Crippen molar-refractivity contribution in [2.75, 3.05) is 25.0 Å². The second kappa shape index (κ2) is 4.77. The molecule has 1 unspecified atom stereocenters. The van der Waals surface area contributed by atoms with Crippen LogP contribution in [0.25, 0.3) is 5.78 Å². The van der Waals surface area contributed by atoms with Crippen LogP contribution in [0.15, 0.2) is 12.4 Å². The van der Waals surface area contributed by atoms with Gasteiger partial charge in [0.2, 0.25) is 0 Å². The smallest absolute Gasteiger partial charge is 0.254 e. The number of hydrogen-bond donors (Lipinski definition) is 2. The van der Waals surface area contributed by atoms with Crippen LogP contribution in [0.1, 0.15) is 25.5 Å². The number of aromatic nitrogens is 4. The highest BCUT2D eigenvalue weighted by Crippen LogP contribution is 2.25. The second-order valence-electron chi connectivity index (χ2n) is 5.70. The van der Waals surface area contributed by atoms with E-state index in [0.717, 1.165) is 31.1 Å². The monoisotopic (exact) mass is 260 g/mol. The Hall–Kier alpha value is -1.69. The van der Waals surface area contributed by atoms with Crippen LogP contribution in [0.2, 0.25) is 0 Å². The number of aryl methyl sites for hydroxylation is 1. The molecule has 6 heteroatoms. The van der Waals surface area contributed by atoms with E-state index in [1.54, 1.807) is 4.52 Å². The zero-order chi connectivity index (χ0) is 13.3. The summed E-state index contributed by atoms with van der Waals surface area (Å²) in [6.07, 6.45) is 4.03. The number of nitrogens with one attached hydrogen (secondary N) is 2. The summed E-state index contributed by atoms with van der Waals surface area (Å²) in [6.45, 7) is 7.42. The molecule has 1 aliphatic heterocycles. The molecule has 0 amide bonds.